The van der Waals surface area contributed by atoms with Gasteiger partial charge in [0.2, 0.25) is 0 Å². The van der Waals surface area contributed by atoms with E-state index in [9.17, 15) is 9.59 Å². The molecule has 6 atom stereocenters. The van der Waals surface area contributed by atoms with Crippen molar-refractivity contribution in [1.29, 1.82) is 0 Å². The number of unbranched alkanes of at least 4 members (excludes halogenated alkanes) is 5. The van der Waals surface area contributed by atoms with Crippen molar-refractivity contribution in [3.8, 4) is 0 Å². The van der Waals surface area contributed by atoms with Crippen molar-refractivity contribution in [3.63, 3.8) is 0 Å². The van der Waals surface area contributed by atoms with Crippen molar-refractivity contribution in [1.82, 2.24) is 0 Å². The molecule has 0 radical (unpaired) electrons. The first kappa shape index (κ1) is 27.2. The third kappa shape index (κ3) is 6.82. The van der Waals surface area contributed by atoms with E-state index < -0.39 is 0 Å². The highest BCUT2D eigenvalue weighted by atomic mass is 16.6. The van der Waals surface area contributed by atoms with Crippen LogP contribution in [0.15, 0.2) is 11.6 Å². The van der Waals surface area contributed by atoms with E-state index in [1.807, 2.05) is 0 Å². The van der Waals surface area contributed by atoms with Crippen LogP contribution in [0, 0.1) is 5.92 Å². The Morgan fingerprint density at radius 3 is 2.18 bits per heavy atom. The van der Waals surface area contributed by atoms with E-state index in [-0.39, 0.29) is 47.4 Å². The molecule has 0 aromatic carbocycles. The number of carbonyl (C=O) groups is 2. The smallest absolute Gasteiger partial charge is 0.306 e. The number of hydrogen-bond donors (Lipinski definition) is 0. The average Bonchev–Trinajstić information content (AvgIpc) is 3.72. The second kappa shape index (κ2) is 12.0. The largest absolute Gasteiger partial charge is 0.469 e. The molecule has 34 heavy (non-hydrogen) atoms. The molecule has 1 unspecified atom stereocenters. The lowest BCUT2D eigenvalue weighted by Crippen LogP contribution is -2.55. The fourth-order valence-corrected chi connectivity index (χ4v) is 5.65. The second-order valence-corrected chi connectivity index (χ2v) is 10.6. The van der Waals surface area contributed by atoms with Crippen LogP contribution in [0.25, 0.3) is 0 Å². The molecule has 3 aliphatic rings. The van der Waals surface area contributed by atoms with Gasteiger partial charge >= 0.3 is 11.9 Å². The first-order valence-corrected chi connectivity index (χ1v) is 13.0. The molecule has 3 rings (SSSR count). The Labute approximate surface area is 204 Å². The number of rotatable bonds is 14. The van der Waals surface area contributed by atoms with E-state index in [1.165, 1.54) is 12.7 Å². The summed E-state index contributed by atoms with van der Waals surface area (Å²) >= 11 is 0. The summed E-state index contributed by atoms with van der Waals surface area (Å²) in [4.78, 5) is 23.7. The molecular formula is C27H44O7. The quantitative estimate of drug-likeness (QED) is 0.151. The molecule has 0 amide bonds. The monoisotopic (exact) mass is 480 g/mol. The molecule has 1 aliphatic carbocycles. The maximum Gasteiger partial charge on any atom is 0.306 e. The lowest BCUT2D eigenvalue weighted by Gasteiger charge is -2.42. The molecule has 3 fully saturated rings. The van der Waals surface area contributed by atoms with E-state index in [0.717, 1.165) is 64.4 Å². The average molecular weight is 481 g/mol. The number of ether oxygens (including phenoxy) is 5. The van der Waals surface area contributed by atoms with Crippen molar-refractivity contribution >= 4 is 11.9 Å². The molecule has 0 N–H and O–H groups in total. The highest BCUT2D eigenvalue weighted by Gasteiger charge is 2.72. The van der Waals surface area contributed by atoms with Gasteiger partial charge in [-0.1, -0.05) is 37.3 Å². The van der Waals surface area contributed by atoms with Crippen LogP contribution in [0.3, 0.4) is 0 Å². The maximum atomic E-state index is 12.6. The molecule has 2 aliphatic heterocycles. The summed E-state index contributed by atoms with van der Waals surface area (Å²) in [5, 5.41) is 0. The highest BCUT2D eigenvalue weighted by molar-refractivity contribution is 5.69. The topological polar surface area (TPSA) is 86.9 Å². The summed E-state index contributed by atoms with van der Waals surface area (Å²) < 4.78 is 28.8. The molecule has 7 heteroatoms. The van der Waals surface area contributed by atoms with Crippen LogP contribution < -0.4 is 0 Å². The molecule has 2 heterocycles. The lowest BCUT2D eigenvalue weighted by atomic mass is 9.68. The molecule has 0 aromatic rings. The van der Waals surface area contributed by atoms with Crippen LogP contribution in [0.1, 0.15) is 91.4 Å². The van der Waals surface area contributed by atoms with Crippen LogP contribution in [0.5, 0.6) is 0 Å². The summed E-state index contributed by atoms with van der Waals surface area (Å²) in [5.41, 5.74) is 0.767. The van der Waals surface area contributed by atoms with E-state index in [0.29, 0.717) is 12.8 Å². The Hall–Kier alpha value is -1.44. The van der Waals surface area contributed by atoms with Gasteiger partial charge in [-0.2, -0.15) is 0 Å². The third-order valence-electron chi connectivity index (χ3n) is 7.76. The Morgan fingerprint density at radius 1 is 1.00 bits per heavy atom. The second-order valence-electron chi connectivity index (χ2n) is 10.6. The van der Waals surface area contributed by atoms with Gasteiger partial charge in [-0.25, -0.2) is 0 Å². The van der Waals surface area contributed by atoms with Crippen molar-refractivity contribution in [2.45, 2.75) is 121 Å². The van der Waals surface area contributed by atoms with Crippen molar-refractivity contribution in [2.24, 2.45) is 5.92 Å². The number of carbonyl (C=O) groups excluding carboxylic acids is 2. The predicted molar refractivity (Wildman–Crippen MR) is 128 cm³/mol. The van der Waals surface area contributed by atoms with E-state index in [4.69, 9.17) is 18.9 Å². The van der Waals surface area contributed by atoms with Gasteiger partial charge in [0.15, 0.2) is 0 Å². The molecule has 194 valence electrons. The van der Waals surface area contributed by atoms with Crippen molar-refractivity contribution in [3.05, 3.63) is 11.6 Å². The lowest BCUT2D eigenvalue weighted by molar-refractivity contribution is -0.172. The summed E-state index contributed by atoms with van der Waals surface area (Å²) in [6, 6.07) is 0. The first-order valence-electron chi connectivity index (χ1n) is 13.0. The number of methoxy groups -OCH3 is 2. The fourth-order valence-electron chi connectivity index (χ4n) is 5.65. The van der Waals surface area contributed by atoms with E-state index >= 15 is 0 Å². The van der Waals surface area contributed by atoms with Gasteiger partial charge in [-0.15, -0.1) is 0 Å². The Morgan fingerprint density at radius 2 is 1.62 bits per heavy atom. The van der Waals surface area contributed by atoms with Gasteiger partial charge in [0.25, 0.3) is 0 Å². The number of esters is 2. The van der Waals surface area contributed by atoms with Crippen LogP contribution in [-0.2, 0) is 33.3 Å². The zero-order chi connectivity index (χ0) is 24.8. The Bertz CT molecular complexity index is 724. The van der Waals surface area contributed by atoms with Gasteiger partial charge in [0, 0.05) is 20.0 Å². The van der Waals surface area contributed by atoms with Crippen molar-refractivity contribution < 1.29 is 33.3 Å². The SMILES string of the molecule is COC(=O)CCCCCCCCC(=O)O[C@@H]1CC[C@]2(CO2)[C@@H](C2(C)O[C@@H]2CC=C(C)C)[C@@H]1OC. The minimum atomic E-state index is -0.317. The molecule has 0 bridgehead atoms. The molecule has 1 spiro atoms. The van der Waals surface area contributed by atoms with Crippen LogP contribution in [-0.4, -0.2) is 62.3 Å². The normalized spacial score (nSPS) is 33.9. The summed E-state index contributed by atoms with van der Waals surface area (Å²) in [5.74, 6) is -0.240. The third-order valence-corrected chi connectivity index (χ3v) is 7.76. The van der Waals surface area contributed by atoms with E-state index in [1.54, 1.807) is 7.11 Å². The first-order chi connectivity index (χ1) is 16.3. The summed E-state index contributed by atoms with van der Waals surface area (Å²) in [7, 11) is 3.13. The van der Waals surface area contributed by atoms with Crippen molar-refractivity contribution in [2.75, 3.05) is 20.8 Å². The molecule has 2 saturated heterocycles. The van der Waals surface area contributed by atoms with Crippen LogP contribution in [0.4, 0.5) is 0 Å². The summed E-state index contributed by atoms with van der Waals surface area (Å²) in [6.07, 6.45) is 11.1. The van der Waals surface area contributed by atoms with Crippen LogP contribution >= 0.6 is 0 Å². The minimum Gasteiger partial charge on any atom is -0.469 e. The molecular weight excluding hydrogens is 436 g/mol. The predicted octanol–water partition coefficient (Wildman–Crippen LogP) is 4.90. The number of hydrogen-bond acceptors (Lipinski definition) is 7. The molecule has 1 saturated carbocycles. The van der Waals surface area contributed by atoms with Gasteiger partial charge in [0.05, 0.1) is 25.7 Å². The molecule has 0 aromatic heterocycles. The highest BCUT2D eigenvalue weighted by Crippen LogP contribution is 2.59. The zero-order valence-corrected chi connectivity index (χ0v) is 21.7. The van der Waals surface area contributed by atoms with Gasteiger partial charge in [-0.05, 0) is 52.9 Å². The Kier molecular flexibility index (Phi) is 9.58. The van der Waals surface area contributed by atoms with Gasteiger partial charge < -0.3 is 23.7 Å². The van der Waals surface area contributed by atoms with Gasteiger partial charge in [0.1, 0.15) is 23.4 Å². The number of allylic oxidation sites excluding steroid dienone is 1. The van der Waals surface area contributed by atoms with Gasteiger partial charge in [-0.3, -0.25) is 9.59 Å². The Balaban J connectivity index is 1.43. The zero-order valence-electron chi connectivity index (χ0n) is 21.7. The standard InChI is InChI=1S/C27H44O7/c1-19(2)14-15-21-26(3,34-21)25-24(31-5)20(16-17-27(25)18-32-27)33-23(29)13-11-9-7-6-8-10-12-22(28)30-4/h14,20-21,24-25H,6-13,15-18H2,1-5H3/t20-,21-,24-,25-,26?,27+/m1/s1. The maximum absolute atomic E-state index is 12.6. The molecule has 7 nitrogen and oxygen atoms in total. The van der Waals surface area contributed by atoms with Crippen LogP contribution in [0.2, 0.25) is 0 Å². The van der Waals surface area contributed by atoms with E-state index in [2.05, 4.69) is 31.6 Å². The number of epoxide rings is 2. The fraction of sp³-hybridized carbons (Fsp3) is 0.852. The summed E-state index contributed by atoms with van der Waals surface area (Å²) in [6.45, 7) is 7.09. The minimum absolute atomic E-state index is 0.0529.